The molecule has 3 heteroatoms. The van der Waals surface area contributed by atoms with Crippen molar-refractivity contribution in [2.75, 3.05) is 5.32 Å². The molecule has 0 fully saturated rings. The fourth-order valence-corrected chi connectivity index (χ4v) is 5.98. The predicted molar refractivity (Wildman–Crippen MR) is 219 cm³/mol. The van der Waals surface area contributed by atoms with Crippen LogP contribution >= 0.6 is 0 Å². The number of nitrogens with one attached hydrogen (secondary N) is 1. The van der Waals surface area contributed by atoms with E-state index in [4.69, 9.17) is 0 Å². The quantitative estimate of drug-likeness (QED) is 0.156. The summed E-state index contributed by atoms with van der Waals surface area (Å²) in [4.78, 5) is 0. The number of fused-ring (bicyclic) bond motifs is 3. The van der Waals surface area contributed by atoms with Gasteiger partial charge in [-0.15, -0.1) is 0 Å². The number of hydrogen-bond donors (Lipinski definition) is 1. The van der Waals surface area contributed by atoms with Gasteiger partial charge in [0.2, 0.25) is 0 Å². The zero-order chi connectivity index (χ0) is 35.2. The molecule has 0 bridgehead atoms. The molecule has 0 unspecified atom stereocenters. The minimum absolute atomic E-state index is 0.918. The van der Waals surface area contributed by atoms with E-state index in [0.29, 0.717) is 0 Å². The van der Waals surface area contributed by atoms with Gasteiger partial charge in [0.15, 0.2) is 0 Å². The van der Waals surface area contributed by atoms with Crippen molar-refractivity contribution in [1.29, 1.82) is 0 Å². The van der Waals surface area contributed by atoms with Crippen molar-refractivity contribution in [3.63, 3.8) is 0 Å². The molecule has 2 aromatic heterocycles. The van der Waals surface area contributed by atoms with Crippen molar-refractivity contribution in [1.82, 2.24) is 9.13 Å². The molecule has 0 saturated heterocycles. The van der Waals surface area contributed by atoms with Gasteiger partial charge < -0.3 is 14.5 Å². The summed E-state index contributed by atoms with van der Waals surface area (Å²) in [6.45, 7) is 23.5. The van der Waals surface area contributed by atoms with E-state index >= 15 is 0 Å². The first kappa shape index (κ1) is 35.8. The zero-order valence-corrected chi connectivity index (χ0v) is 29.2. The highest BCUT2D eigenvalue weighted by Crippen LogP contribution is 2.33. The van der Waals surface area contributed by atoms with Gasteiger partial charge in [-0.1, -0.05) is 131 Å². The van der Waals surface area contributed by atoms with E-state index in [1.165, 1.54) is 27.0 Å². The lowest BCUT2D eigenvalue weighted by Gasteiger charge is -2.10. The Balaban J connectivity index is 0.000000215. The lowest BCUT2D eigenvalue weighted by atomic mass is 10.1. The Hall–Kier alpha value is -6.06. The highest BCUT2D eigenvalue weighted by molar-refractivity contribution is 6.10. The number of para-hydroxylation sites is 3. The Morgan fingerprint density at radius 1 is 0.673 bits per heavy atom. The standard InChI is InChI=1S/C24H20N2.C20H21N.C2H6/c1-3-10-18(4-2)25-19-15-16-22-21-13-8-9-14-23(21)26(24(22)17-19)20-11-6-5-7-12-20;1-5-12-19-17(7-3)18(8-4)20(13-6-2)21(19)16-14-10-9-11-15-16;1-2/h3-17,25H,1-2H2;5-15H,1,4H2,2-3H3;1-2H3/b18-10+;13-6-,17-7-,19-12+;. The molecule has 0 radical (unpaired) electrons. The van der Waals surface area contributed by atoms with Crippen LogP contribution < -0.4 is 15.9 Å². The number of rotatable bonds is 9. The third-order valence-electron chi connectivity index (χ3n) is 7.93. The fourth-order valence-electron chi connectivity index (χ4n) is 5.98. The third kappa shape index (κ3) is 7.75. The van der Waals surface area contributed by atoms with Crippen molar-refractivity contribution in [2.24, 2.45) is 0 Å². The van der Waals surface area contributed by atoms with Crippen LogP contribution in [0.3, 0.4) is 0 Å². The maximum absolute atomic E-state index is 3.98. The van der Waals surface area contributed by atoms with Crippen LogP contribution in [0.1, 0.15) is 39.0 Å². The summed E-state index contributed by atoms with van der Waals surface area (Å²) in [5.41, 5.74) is 8.89. The largest absolute Gasteiger partial charge is 0.355 e. The maximum Gasteiger partial charge on any atom is 0.0561 e. The van der Waals surface area contributed by atoms with Gasteiger partial charge in [0.1, 0.15) is 0 Å². The highest BCUT2D eigenvalue weighted by Gasteiger charge is 2.13. The van der Waals surface area contributed by atoms with Crippen LogP contribution in [-0.4, -0.2) is 9.13 Å². The molecule has 0 aliphatic heterocycles. The number of nitrogens with zero attached hydrogens (tertiary/aromatic N) is 2. The average Bonchev–Trinajstić information content (AvgIpc) is 3.64. The Morgan fingerprint density at radius 3 is 1.86 bits per heavy atom. The predicted octanol–water partition coefficient (Wildman–Crippen LogP) is 11.4. The molecule has 4 aromatic carbocycles. The van der Waals surface area contributed by atoms with Crippen LogP contribution in [0.25, 0.3) is 57.5 Å². The van der Waals surface area contributed by atoms with E-state index in [-0.39, 0.29) is 0 Å². The summed E-state index contributed by atoms with van der Waals surface area (Å²) >= 11 is 0. The number of allylic oxidation sites excluding steroid dienone is 5. The van der Waals surface area contributed by atoms with Crippen LogP contribution in [-0.2, 0) is 0 Å². The van der Waals surface area contributed by atoms with Gasteiger partial charge in [0.05, 0.1) is 22.1 Å². The molecule has 0 atom stereocenters. The van der Waals surface area contributed by atoms with Crippen LogP contribution in [0.15, 0.2) is 166 Å². The molecular weight excluding hydrogens is 595 g/mol. The first-order valence-electron chi connectivity index (χ1n) is 16.7. The molecule has 0 saturated carbocycles. The summed E-state index contributed by atoms with van der Waals surface area (Å²) in [5, 5.41) is 8.20. The van der Waals surface area contributed by atoms with Gasteiger partial charge in [-0.3, -0.25) is 0 Å². The van der Waals surface area contributed by atoms with Gasteiger partial charge in [-0.05, 0) is 80.6 Å². The van der Waals surface area contributed by atoms with Crippen molar-refractivity contribution in [3.05, 3.63) is 187 Å². The second-order valence-electron chi connectivity index (χ2n) is 10.8. The summed E-state index contributed by atoms with van der Waals surface area (Å²) in [7, 11) is 0. The first-order chi connectivity index (χ1) is 24.1. The fraction of sp³-hybridized carbons (Fsp3) is 0.0870. The van der Waals surface area contributed by atoms with E-state index in [1.807, 2.05) is 57.2 Å². The van der Waals surface area contributed by atoms with Gasteiger partial charge >= 0.3 is 0 Å². The number of anilines is 1. The van der Waals surface area contributed by atoms with Crippen molar-refractivity contribution in [3.8, 4) is 11.4 Å². The monoisotopic (exact) mass is 641 g/mol. The molecule has 0 amide bonds. The summed E-state index contributed by atoms with van der Waals surface area (Å²) in [5.74, 6) is 0. The Labute approximate surface area is 291 Å². The van der Waals surface area contributed by atoms with Gasteiger partial charge in [-0.2, -0.15) is 0 Å². The highest BCUT2D eigenvalue weighted by atomic mass is 15.0. The molecule has 3 nitrogen and oxygen atoms in total. The minimum Gasteiger partial charge on any atom is -0.355 e. The zero-order valence-electron chi connectivity index (χ0n) is 29.2. The summed E-state index contributed by atoms with van der Waals surface area (Å²) in [6.07, 6.45) is 17.5. The van der Waals surface area contributed by atoms with Gasteiger partial charge in [0, 0.05) is 44.3 Å². The molecule has 0 spiro atoms. The van der Waals surface area contributed by atoms with Gasteiger partial charge in [-0.25, -0.2) is 0 Å². The van der Waals surface area contributed by atoms with Crippen molar-refractivity contribution >= 4 is 51.8 Å². The van der Waals surface area contributed by atoms with Crippen molar-refractivity contribution < 1.29 is 0 Å². The Morgan fingerprint density at radius 2 is 1.29 bits per heavy atom. The van der Waals surface area contributed by atoms with E-state index in [1.54, 1.807) is 12.2 Å². The second kappa shape index (κ2) is 17.7. The molecule has 49 heavy (non-hydrogen) atoms. The number of hydrogen-bond acceptors (Lipinski definition) is 1. The lowest BCUT2D eigenvalue weighted by molar-refractivity contribution is 1.01. The second-order valence-corrected chi connectivity index (χ2v) is 10.8. The minimum atomic E-state index is 0.918. The van der Waals surface area contributed by atoms with E-state index < -0.39 is 0 Å². The molecule has 6 aromatic rings. The maximum atomic E-state index is 3.98. The van der Waals surface area contributed by atoms with E-state index in [2.05, 4.69) is 157 Å². The third-order valence-corrected chi connectivity index (χ3v) is 7.93. The first-order valence-corrected chi connectivity index (χ1v) is 16.7. The molecular formula is C46H47N3. The molecule has 246 valence electrons. The molecule has 6 rings (SSSR count). The van der Waals surface area contributed by atoms with Crippen LogP contribution in [0.5, 0.6) is 0 Å². The molecule has 1 N–H and O–H groups in total. The average molecular weight is 642 g/mol. The van der Waals surface area contributed by atoms with Crippen LogP contribution in [0, 0.1) is 0 Å². The van der Waals surface area contributed by atoms with Crippen molar-refractivity contribution in [2.45, 2.75) is 27.7 Å². The number of aromatic nitrogens is 2. The lowest BCUT2D eigenvalue weighted by Crippen LogP contribution is -2.28. The number of benzene rings is 4. The molecule has 0 aliphatic rings. The topological polar surface area (TPSA) is 21.9 Å². The molecule has 0 aliphatic carbocycles. The van der Waals surface area contributed by atoms with E-state index in [0.717, 1.165) is 39.4 Å². The summed E-state index contributed by atoms with van der Waals surface area (Å²) in [6, 6.07) is 35.8. The summed E-state index contributed by atoms with van der Waals surface area (Å²) < 4.78 is 4.55. The Kier molecular flexibility index (Phi) is 13.0. The SMILES string of the molecule is C=C/C=C(\C=C)Nc1ccc2c3ccccc3n(-c3ccccc3)c2c1.C=C/C=c1\c(=C/C)c(C=C)c(/C=C\C)n1-c1ccccc1.CC. The molecule has 2 heterocycles. The Bertz CT molecular complexity index is 2240. The smallest absolute Gasteiger partial charge is 0.0561 e. The van der Waals surface area contributed by atoms with Crippen LogP contribution in [0.4, 0.5) is 5.69 Å². The van der Waals surface area contributed by atoms with Crippen LogP contribution in [0.2, 0.25) is 0 Å². The van der Waals surface area contributed by atoms with Gasteiger partial charge in [0.25, 0.3) is 0 Å². The van der Waals surface area contributed by atoms with E-state index in [9.17, 15) is 0 Å². The normalized spacial score (nSPS) is 11.9.